The van der Waals surface area contributed by atoms with E-state index in [0.29, 0.717) is 23.7 Å². The Hall–Kier alpha value is -1.43. The number of rotatable bonds is 5. The standard InChI is InChI=1S/C11H17N3O2S/c1-8-6-9(7-10(12-2)14-8)11(15)13-4-5-17(3)16/h6-7H,4-5H2,1-3H3,(H,12,14)(H,13,15). The van der Waals surface area contributed by atoms with Crippen LogP contribution in [0.1, 0.15) is 16.1 Å². The van der Waals surface area contributed by atoms with Gasteiger partial charge in [-0.25, -0.2) is 4.98 Å². The summed E-state index contributed by atoms with van der Waals surface area (Å²) in [4.78, 5) is 16.0. The smallest absolute Gasteiger partial charge is 0.251 e. The van der Waals surface area contributed by atoms with Gasteiger partial charge in [0.2, 0.25) is 0 Å². The van der Waals surface area contributed by atoms with Gasteiger partial charge in [-0.3, -0.25) is 9.00 Å². The zero-order valence-electron chi connectivity index (χ0n) is 10.2. The zero-order chi connectivity index (χ0) is 12.8. The first-order valence-corrected chi connectivity index (χ1v) is 7.00. The normalized spacial score (nSPS) is 11.9. The van der Waals surface area contributed by atoms with Crippen molar-refractivity contribution in [2.24, 2.45) is 0 Å². The Morgan fingerprint density at radius 2 is 2.18 bits per heavy atom. The van der Waals surface area contributed by atoms with Crippen LogP contribution in [0.15, 0.2) is 12.1 Å². The molecule has 0 aliphatic rings. The number of aromatic nitrogens is 1. The SMILES string of the molecule is CNc1cc(C(=O)NCCS(C)=O)cc(C)n1. The first kappa shape index (κ1) is 13.6. The molecule has 0 saturated heterocycles. The Labute approximate surface area is 103 Å². The highest BCUT2D eigenvalue weighted by molar-refractivity contribution is 7.84. The summed E-state index contributed by atoms with van der Waals surface area (Å²) in [6.07, 6.45) is 1.61. The maximum Gasteiger partial charge on any atom is 0.251 e. The number of carbonyl (C=O) groups excluding carboxylic acids is 1. The van der Waals surface area contributed by atoms with Crippen LogP contribution < -0.4 is 10.6 Å². The minimum atomic E-state index is -0.888. The molecule has 2 N–H and O–H groups in total. The van der Waals surface area contributed by atoms with Crippen LogP contribution in [0.4, 0.5) is 5.82 Å². The third kappa shape index (κ3) is 4.52. The van der Waals surface area contributed by atoms with Crippen molar-refractivity contribution in [2.45, 2.75) is 6.92 Å². The van der Waals surface area contributed by atoms with Crippen LogP contribution >= 0.6 is 0 Å². The highest BCUT2D eigenvalue weighted by atomic mass is 32.2. The molecule has 6 heteroatoms. The lowest BCUT2D eigenvalue weighted by molar-refractivity contribution is 0.0956. The number of aryl methyl sites for hydroxylation is 1. The van der Waals surface area contributed by atoms with Crippen molar-refractivity contribution >= 4 is 22.5 Å². The topological polar surface area (TPSA) is 71.1 Å². The molecule has 0 bridgehead atoms. The van der Waals surface area contributed by atoms with E-state index >= 15 is 0 Å². The maximum absolute atomic E-state index is 11.8. The van der Waals surface area contributed by atoms with E-state index in [4.69, 9.17) is 0 Å². The van der Waals surface area contributed by atoms with Crippen LogP contribution in [0.5, 0.6) is 0 Å². The van der Waals surface area contributed by atoms with Crippen LogP contribution in [0, 0.1) is 6.92 Å². The van der Waals surface area contributed by atoms with E-state index in [-0.39, 0.29) is 5.91 Å². The van der Waals surface area contributed by atoms with Gasteiger partial charge in [0.1, 0.15) is 5.82 Å². The average molecular weight is 255 g/mol. The molecule has 1 atom stereocenters. The summed E-state index contributed by atoms with van der Waals surface area (Å²) >= 11 is 0. The number of nitrogens with one attached hydrogen (secondary N) is 2. The zero-order valence-corrected chi connectivity index (χ0v) is 11.1. The summed E-state index contributed by atoms with van der Waals surface area (Å²) in [6.45, 7) is 2.25. The predicted octanol–water partition coefficient (Wildman–Crippen LogP) is 0.540. The second-order valence-electron chi connectivity index (χ2n) is 3.67. The van der Waals surface area contributed by atoms with Gasteiger partial charge in [0.15, 0.2) is 0 Å². The van der Waals surface area contributed by atoms with Gasteiger partial charge in [0.05, 0.1) is 0 Å². The minimum Gasteiger partial charge on any atom is -0.373 e. The molecule has 17 heavy (non-hydrogen) atoms. The van der Waals surface area contributed by atoms with Crippen molar-refractivity contribution in [2.75, 3.05) is 30.9 Å². The van der Waals surface area contributed by atoms with E-state index in [2.05, 4.69) is 15.6 Å². The Kier molecular flexibility index (Phi) is 5.09. The van der Waals surface area contributed by atoms with Crippen LogP contribution in [0.3, 0.4) is 0 Å². The Balaban J connectivity index is 2.68. The third-order valence-electron chi connectivity index (χ3n) is 2.15. The number of hydrogen-bond donors (Lipinski definition) is 2. The molecule has 1 rings (SSSR count). The minimum absolute atomic E-state index is 0.169. The fraction of sp³-hybridized carbons (Fsp3) is 0.455. The van der Waals surface area contributed by atoms with Crippen molar-refractivity contribution < 1.29 is 9.00 Å². The Morgan fingerprint density at radius 3 is 2.76 bits per heavy atom. The summed E-state index contributed by atoms with van der Waals surface area (Å²) < 4.78 is 10.9. The van der Waals surface area contributed by atoms with Gasteiger partial charge < -0.3 is 10.6 Å². The molecule has 1 aromatic rings. The van der Waals surface area contributed by atoms with Crippen LogP contribution in [0.2, 0.25) is 0 Å². The number of carbonyl (C=O) groups is 1. The Bertz CT molecular complexity index is 435. The number of pyridine rings is 1. The fourth-order valence-electron chi connectivity index (χ4n) is 1.34. The van der Waals surface area contributed by atoms with E-state index in [1.807, 2.05) is 6.92 Å². The fourth-order valence-corrected chi connectivity index (χ4v) is 1.73. The molecule has 0 fully saturated rings. The molecule has 0 aliphatic heterocycles. The number of hydrogen-bond acceptors (Lipinski definition) is 4. The lowest BCUT2D eigenvalue weighted by Crippen LogP contribution is -2.27. The molecule has 1 heterocycles. The monoisotopic (exact) mass is 255 g/mol. The summed E-state index contributed by atoms with van der Waals surface area (Å²) in [5.74, 6) is 0.959. The summed E-state index contributed by atoms with van der Waals surface area (Å²) in [5, 5.41) is 5.62. The summed E-state index contributed by atoms with van der Waals surface area (Å²) in [7, 11) is 0.865. The molecule has 94 valence electrons. The molecule has 0 spiro atoms. The molecular weight excluding hydrogens is 238 g/mol. The van der Waals surface area contributed by atoms with Gasteiger partial charge in [-0.1, -0.05) is 0 Å². The first-order valence-electron chi connectivity index (χ1n) is 5.27. The Morgan fingerprint density at radius 1 is 1.47 bits per heavy atom. The van der Waals surface area contributed by atoms with E-state index in [1.165, 1.54) is 0 Å². The predicted molar refractivity (Wildman–Crippen MR) is 69.8 cm³/mol. The molecule has 0 radical (unpaired) electrons. The van der Waals surface area contributed by atoms with E-state index in [0.717, 1.165) is 5.69 Å². The lowest BCUT2D eigenvalue weighted by atomic mass is 10.2. The van der Waals surface area contributed by atoms with Gasteiger partial charge in [-0.15, -0.1) is 0 Å². The molecule has 0 saturated carbocycles. The van der Waals surface area contributed by atoms with E-state index in [9.17, 15) is 9.00 Å². The molecule has 1 amide bonds. The largest absolute Gasteiger partial charge is 0.373 e. The highest BCUT2D eigenvalue weighted by Crippen LogP contribution is 2.09. The van der Waals surface area contributed by atoms with Gasteiger partial charge in [-0.05, 0) is 19.1 Å². The number of anilines is 1. The molecular formula is C11H17N3O2S. The summed E-state index contributed by atoms with van der Waals surface area (Å²) in [5.41, 5.74) is 1.34. The molecule has 0 aromatic carbocycles. The third-order valence-corrected chi connectivity index (χ3v) is 2.93. The second kappa shape index (κ2) is 6.34. The summed E-state index contributed by atoms with van der Waals surface area (Å²) in [6, 6.07) is 3.41. The average Bonchev–Trinajstić information content (AvgIpc) is 2.27. The highest BCUT2D eigenvalue weighted by Gasteiger charge is 2.07. The van der Waals surface area contributed by atoms with Crippen LogP contribution in [-0.4, -0.2) is 40.7 Å². The van der Waals surface area contributed by atoms with Crippen LogP contribution in [-0.2, 0) is 10.8 Å². The van der Waals surface area contributed by atoms with Crippen molar-refractivity contribution in [3.05, 3.63) is 23.4 Å². The molecule has 1 aromatic heterocycles. The van der Waals surface area contributed by atoms with Gasteiger partial charge >= 0.3 is 0 Å². The quantitative estimate of drug-likeness (QED) is 0.805. The molecule has 5 nitrogen and oxygen atoms in total. The van der Waals surface area contributed by atoms with Crippen molar-refractivity contribution in [3.8, 4) is 0 Å². The second-order valence-corrected chi connectivity index (χ2v) is 5.22. The van der Waals surface area contributed by atoms with Crippen LogP contribution in [0.25, 0.3) is 0 Å². The van der Waals surface area contributed by atoms with Gasteiger partial charge in [0, 0.05) is 47.7 Å². The van der Waals surface area contributed by atoms with E-state index in [1.54, 1.807) is 25.4 Å². The van der Waals surface area contributed by atoms with Crippen molar-refractivity contribution in [3.63, 3.8) is 0 Å². The maximum atomic E-state index is 11.8. The van der Waals surface area contributed by atoms with Gasteiger partial charge in [0.25, 0.3) is 5.91 Å². The number of nitrogens with zero attached hydrogens (tertiary/aromatic N) is 1. The lowest BCUT2D eigenvalue weighted by Gasteiger charge is -2.07. The number of amides is 1. The van der Waals surface area contributed by atoms with E-state index < -0.39 is 10.8 Å². The van der Waals surface area contributed by atoms with Gasteiger partial charge in [-0.2, -0.15) is 0 Å². The van der Waals surface area contributed by atoms with Crippen molar-refractivity contribution in [1.82, 2.24) is 10.3 Å². The molecule has 1 unspecified atom stereocenters. The first-order chi connectivity index (χ1) is 8.02. The van der Waals surface area contributed by atoms with Crippen molar-refractivity contribution in [1.29, 1.82) is 0 Å². The molecule has 0 aliphatic carbocycles.